The quantitative estimate of drug-likeness (QED) is 0.106. The summed E-state index contributed by atoms with van der Waals surface area (Å²) in [6.07, 6.45) is 0. The molecule has 0 bridgehead atoms. The van der Waals surface area contributed by atoms with Gasteiger partial charge in [-0.3, -0.25) is 0 Å². The summed E-state index contributed by atoms with van der Waals surface area (Å²) >= 11 is 0. The summed E-state index contributed by atoms with van der Waals surface area (Å²) < 4.78 is 0. The second-order valence-electron chi connectivity index (χ2n) is 39.1. The fourth-order valence-electron chi connectivity index (χ4n) is 12.9. The maximum atomic E-state index is 6.48. The molecule has 0 aliphatic rings. The van der Waals surface area contributed by atoms with Crippen LogP contribution >= 0.6 is 0 Å². The molecule has 135 heavy (non-hydrogen) atoms. The minimum absolute atomic E-state index is 0. The molecular weight excluding hydrogens is 2250 g/mol. The van der Waals surface area contributed by atoms with Crippen molar-refractivity contribution in [3.8, 4) is 0 Å². The molecule has 11 aromatic rings. The van der Waals surface area contributed by atoms with Gasteiger partial charge in [-0.15, -0.1) is 0 Å². The molecular formula is C121H180N4Pd2Zn8-8. The van der Waals surface area contributed by atoms with Crippen LogP contribution in [0.15, 0.2) is 91.0 Å². The average molecular weight is 2430 g/mol. The molecule has 14 heteroatoms. The van der Waals surface area contributed by atoms with E-state index in [0.717, 1.165) is 0 Å². The van der Waals surface area contributed by atoms with E-state index in [2.05, 4.69) is 353 Å². The van der Waals surface area contributed by atoms with Gasteiger partial charge in [-0.1, -0.05) is 385 Å². The molecule has 0 saturated heterocycles. The van der Waals surface area contributed by atoms with Crippen LogP contribution in [0.3, 0.4) is 0 Å². The third-order valence-corrected chi connectivity index (χ3v) is 26.7. The van der Waals surface area contributed by atoms with Gasteiger partial charge in [0.1, 0.15) is 0 Å². The normalized spacial score (nSPS) is 9.41. The van der Waals surface area contributed by atoms with Crippen molar-refractivity contribution in [2.75, 3.05) is 0 Å². The molecule has 0 aliphatic heterocycles. The van der Waals surface area contributed by atoms with Gasteiger partial charge in [0.2, 0.25) is 22.2 Å². The van der Waals surface area contributed by atoms with Crippen LogP contribution in [0.5, 0.6) is 0 Å². The minimum Gasteiger partial charge on any atom is -0.311 e. The predicted molar refractivity (Wildman–Crippen MR) is 565 cm³/mol. The topological polar surface area (TPSA) is 17.4 Å². The summed E-state index contributed by atoms with van der Waals surface area (Å²) in [5.41, 5.74) is 62.0. The Kier molecular flexibility index (Phi) is 93.0. The van der Waals surface area contributed by atoms with Gasteiger partial charge in [0.15, 0.2) is 0 Å². The average Bonchev–Trinajstić information content (AvgIpc) is 1.74. The molecule has 4 nitrogen and oxygen atoms in total. The van der Waals surface area contributed by atoms with Crippen molar-refractivity contribution in [3.63, 3.8) is 0 Å². The van der Waals surface area contributed by atoms with Gasteiger partial charge in [-0.2, -0.15) is 223 Å². The maximum Gasteiger partial charge on any atom is 0.224 e. The van der Waals surface area contributed by atoms with E-state index in [9.17, 15) is 0 Å². The zero-order valence-corrected chi connectivity index (χ0v) is 124. The van der Waals surface area contributed by atoms with Crippen molar-refractivity contribution in [3.05, 3.63) is 376 Å². The molecule has 0 fully saturated rings. The SMILES string of the molecule is Cc1c(C)c(C)[c-](C)c1C.Cc1c(C)c(C)[c-](C)c1C.Cc1c(C)c(C)[c-](C)c1C.Cc1c(C)c(C)[c-](C)c1C.Cc1c(C)c(C)[c-](C)c1C.Cc1c(C)c(C)[c-](C)c1C.Cc1c(C)c(C)[c-](C)c1C.Cc1c(C)c(C)[c-](C)c1C.Cc1ccccc1.Cc1ccccc1.Cc1ccccc1.[C-]#[N+]C(C)(C)C.[C-]#[N+]C(C)(C)C.[C-]#[N+]C(C)(C)C.[C-]#[N+]C(C)(C)C.[Pd].[Pd].[Zn].[Zn].[Zn].[Zn].[Zn].[Zn].[Zn].[Zn]. The minimum atomic E-state index is -0.167. The predicted octanol–water partition coefficient (Wildman–Crippen LogP) is 36.4. The van der Waals surface area contributed by atoms with Crippen LogP contribution in [0.25, 0.3) is 19.4 Å². The van der Waals surface area contributed by atoms with Crippen LogP contribution in [-0.4, -0.2) is 22.2 Å². The molecule has 0 radical (unpaired) electrons. The Balaban J connectivity index is -0.0000000967. The zero-order valence-electron chi connectivity index (χ0n) is 97.2. The summed E-state index contributed by atoms with van der Waals surface area (Å²) in [4.78, 5) is 13.1. The van der Waals surface area contributed by atoms with Crippen LogP contribution in [0.1, 0.15) is 322 Å². The summed E-state index contributed by atoms with van der Waals surface area (Å²) in [7, 11) is 0. The van der Waals surface area contributed by atoms with Gasteiger partial charge in [0, 0.05) is 280 Å². The van der Waals surface area contributed by atoms with E-state index in [0.29, 0.717) is 0 Å². The number of hydrogen-bond acceptors (Lipinski definition) is 0. The van der Waals surface area contributed by atoms with Crippen LogP contribution in [0, 0.1) is 324 Å². The van der Waals surface area contributed by atoms with Crippen molar-refractivity contribution in [1.82, 2.24) is 0 Å². The molecule has 0 amide bonds. The number of benzene rings is 3. The summed E-state index contributed by atoms with van der Waals surface area (Å²) in [5.74, 6) is 0. The second kappa shape index (κ2) is 77.3. The summed E-state index contributed by atoms with van der Waals surface area (Å²) in [5, 5.41) is 0. The third kappa shape index (κ3) is 58.3. The standard InChI is InChI=1S/8C10H15.3C7H8.4C5H9N.2Pd.8Zn/c8*1-6-7(2)9(4)10(5)8(6)3;3*1-7-5-3-2-4-6-7;4*1-5(2,3)6-4;;;;;;;;;;/h8*1-5H3;3*2-6H,1H3;4*1-3H3;;;;;;;;;;/q8*-1;;;;;;;;;;;;;;;;;. The third-order valence-electron chi connectivity index (χ3n) is 26.7. The summed E-state index contributed by atoms with van der Waals surface area (Å²) in [6.45, 7) is 143. The Morgan fingerprint density at radius 2 is 0.215 bits per heavy atom. The van der Waals surface area contributed by atoms with Crippen molar-refractivity contribution in [2.24, 2.45) is 0 Å². The van der Waals surface area contributed by atoms with Crippen molar-refractivity contribution in [1.29, 1.82) is 0 Å². The Labute approximate surface area is 964 Å². The second-order valence-corrected chi connectivity index (χ2v) is 39.1. The van der Waals surface area contributed by atoms with Crippen LogP contribution < -0.4 is 0 Å². The van der Waals surface area contributed by atoms with E-state index in [1.807, 2.05) is 138 Å². The zero-order chi connectivity index (χ0) is 99.3. The summed E-state index contributed by atoms with van der Waals surface area (Å²) in [6, 6.07) is 30.8. The largest absolute Gasteiger partial charge is 0.311 e. The van der Waals surface area contributed by atoms with E-state index in [4.69, 9.17) is 26.3 Å². The van der Waals surface area contributed by atoms with Crippen LogP contribution in [0.4, 0.5) is 0 Å². The molecule has 0 unspecified atom stereocenters. The first-order valence-corrected chi connectivity index (χ1v) is 45.0. The van der Waals surface area contributed by atoms with E-state index >= 15 is 0 Å². The Morgan fingerprint density at radius 3 is 0.237 bits per heavy atom. The fourth-order valence-corrected chi connectivity index (χ4v) is 12.9. The number of hydrogen-bond donors (Lipinski definition) is 0. The van der Waals surface area contributed by atoms with Gasteiger partial charge in [-0.25, -0.2) is 26.3 Å². The number of aryl methyl sites for hydroxylation is 3. The monoisotopic (exact) mass is 2410 g/mol. The molecule has 11 rings (SSSR count). The molecule has 0 N–H and O–H groups in total. The van der Waals surface area contributed by atoms with Gasteiger partial charge in [-0.05, 0) is 20.8 Å². The first-order valence-electron chi connectivity index (χ1n) is 45.0. The molecule has 728 valence electrons. The van der Waals surface area contributed by atoms with Gasteiger partial charge in [0.05, 0.1) is 0 Å². The van der Waals surface area contributed by atoms with Crippen LogP contribution in [0.2, 0.25) is 0 Å². The van der Waals surface area contributed by atoms with E-state index < -0.39 is 0 Å². The molecule has 0 aliphatic carbocycles. The van der Waals surface area contributed by atoms with Crippen molar-refractivity contribution < 1.29 is 197 Å². The fraction of sp³-hybridized carbons (Fsp3) is 0.488. The van der Waals surface area contributed by atoms with Gasteiger partial charge >= 0.3 is 0 Å². The van der Waals surface area contributed by atoms with Crippen LogP contribution in [-0.2, 0) is 197 Å². The van der Waals surface area contributed by atoms with Gasteiger partial charge in [0.25, 0.3) is 0 Å². The Bertz CT molecular complexity index is 3770. The molecule has 0 aromatic heterocycles. The van der Waals surface area contributed by atoms with E-state index in [-0.39, 0.29) is 219 Å². The van der Waals surface area contributed by atoms with E-state index in [1.54, 1.807) is 0 Å². The molecule has 0 heterocycles. The molecule has 0 spiro atoms. The van der Waals surface area contributed by atoms with Gasteiger partial charge < -0.3 is 19.4 Å². The molecule has 0 saturated carbocycles. The maximum absolute atomic E-state index is 6.48. The first kappa shape index (κ1) is 162. The Hall–Kier alpha value is -3.27. The molecule has 11 aromatic carbocycles. The van der Waals surface area contributed by atoms with Crippen molar-refractivity contribution >= 4 is 0 Å². The smallest absolute Gasteiger partial charge is 0.224 e. The Morgan fingerprint density at radius 1 is 0.156 bits per heavy atom. The number of nitrogens with zero attached hydrogens (tertiary/aromatic N) is 4. The first-order chi connectivity index (χ1) is 56.9. The van der Waals surface area contributed by atoms with Crippen molar-refractivity contribution in [2.45, 2.75) is 403 Å². The molecule has 0 atom stereocenters. The number of rotatable bonds is 0. The van der Waals surface area contributed by atoms with E-state index in [1.165, 1.54) is 239 Å².